The van der Waals surface area contributed by atoms with Crippen molar-refractivity contribution in [2.24, 2.45) is 0 Å². The van der Waals surface area contributed by atoms with Crippen LogP contribution in [0.1, 0.15) is 32.8 Å². The van der Waals surface area contributed by atoms with Crippen molar-refractivity contribution in [1.82, 2.24) is 10.2 Å². The maximum Gasteiger partial charge on any atom is 0.264 e. The lowest BCUT2D eigenvalue weighted by Gasteiger charge is -2.32. The van der Waals surface area contributed by atoms with Gasteiger partial charge in [-0.25, -0.2) is 8.42 Å². The third-order valence-corrected chi connectivity index (χ3v) is 8.95. The van der Waals surface area contributed by atoms with Crippen molar-refractivity contribution in [1.29, 1.82) is 0 Å². The molecule has 220 valence electrons. The van der Waals surface area contributed by atoms with Crippen LogP contribution in [0.4, 0.5) is 5.69 Å². The van der Waals surface area contributed by atoms with Crippen LogP contribution in [-0.4, -0.2) is 50.9 Å². The Morgan fingerprint density at radius 2 is 1.59 bits per heavy atom. The van der Waals surface area contributed by atoms with E-state index in [1.165, 1.54) is 29.2 Å². The van der Waals surface area contributed by atoms with Gasteiger partial charge in [-0.2, -0.15) is 0 Å². The zero-order chi connectivity index (χ0) is 30.2. The van der Waals surface area contributed by atoms with E-state index in [4.69, 9.17) is 39.5 Å². The number of nitrogens with one attached hydrogen (secondary N) is 1. The Hall–Kier alpha value is -2.98. The van der Waals surface area contributed by atoms with Crippen molar-refractivity contribution in [2.45, 2.75) is 44.7 Å². The van der Waals surface area contributed by atoms with Crippen LogP contribution in [-0.2, 0) is 26.2 Å². The van der Waals surface area contributed by atoms with Gasteiger partial charge in [0.15, 0.2) is 0 Å². The Balaban J connectivity index is 2.03. The summed E-state index contributed by atoms with van der Waals surface area (Å²) >= 11 is 18.3. The van der Waals surface area contributed by atoms with E-state index >= 15 is 0 Å². The average Bonchev–Trinajstić information content (AvgIpc) is 2.95. The number of halogens is 3. The molecule has 0 bridgehead atoms. The second kappa shape index (κ2) is 14.8. The molecule has 3 aromatic rings. The quantitative estimate of drug-likeness (QED) is 0.241. The zero-order valence-corrected chi connectivity index (χ0v) is 26.0. The normalized spacial score (nSPS) is 12.0. The molecular weight excluding hydrogens is 609 g/mol. The van der Waals surface area contributed by atoms with E-state index in [0.717, 1.165) is 4.31 Å². The number of hydrogen-bond donors (Lipinski definition) is 1. The molecule has 1 N–H and O–H groups in total. The first-order valence-electron chi connectivity index (χ1n) is 13.0. The third-order valence-electron chi connectivity index (χ3n) is 6.17. The molecule has 0 aliphatic carbocycles. The van der Waals surface area contributed by atoms with Gasteiger partial charge in [-0.3, -0.25) is 13.9 Å². The molecule has 0 unspecified atom stereocenters. The first-order valence-corrected chi connectivity index (χ1v) is 15.6. The second-order valence-electron chi connectivity index (χ2n) is 9.13. The van der Waals surface area contributed by atoms with Gasteiger partial charge in [0.1, 0.15) is 18.3 Å². The van der Waals surface area contributed by atoms with Gasteiger partial charge >= 0.3 is 0 Å². The Bertz CT molecular complexity index is 1450. The molecule has 0 spiro atoms. The van der Waals surface area contributed by atoms with Gasteiger partial charge in [-0.15, -0.1) is 0 Å². The van der Waals surface area contributed by atoms with E-state index in [1.807, 2.05) is 13.8 Å². The summed E-state index contributed by atoms with van der Waals surface area (Å²) in [5.41, 5.74) is 0.866. The van der Waals surface area contributed by atoms with Crippen LogP contribution in [0.2, 0.25) is 15.1 Å². The maximum absolute atomic E-state index is 13.9. The lowest BCUT2D eigenvalue weighted by Crippen LogP contribution is -2.51. The number of rotatable bonds is 13. The molecule has 3 aromatic carbocycles. The van der Waals surface area contributed by atoms with Crippen LogP contribution in [0.15, 0.2) is 71.6 Å². The molecule has 0 fully saturated rings. The fourth-order valence-corrected chi connectivity index (χ4v) is 5.81. The first-order chi connectivity index (χ1) is 19.5. The van der Waals surface area contributed by atoms with Crippen molar-refractivity contribution >= 4 is 62.3 Å². The van der Waals surface area contributed by atoms with E-state index in [9.17, 15) is 18.0 Å². The fraction of sp³-hybridized carbons (Fsp3) is 0.310. The molecule has 1 atom stereocenters. The largest absolute Gasteiger partial charge is 0.494 e. The van der Waals surface area contributed by atoms with Crippen molar-refractivity contribution < 1.29 is 22.7 Å². The molecule has 0 heterocycles. The summed E-state index contributed by atoms with van der Waals surface area (Å²) in [4.78, 5) is 28.2. The number of ether oxygens (including phenoxy) is 1. The minimum Gasteiger partial charge on any atom is -0.494 e. The molecule has 0 radical (unpaired) electrons. The molecular formula is C29H32Cl3N3O5S. The Morgan fingerprint density at radius 1 is 0.927 bits per heavy atom. The van der Waals surface area contributed by atoms with Gasteiger partial charge in [-0.1, -0.05) is 47.8 Å². The summed E-state index contributed by atoms with van der Waals surface area (Å²) in [5, 5.41) is 3.81. The number of carbonyl (C=O) groups excluding carboxylic acids is 2. The lowest BCUT2D eigenvalue weighted by atomic mass is 10.1. The minimum atomic E-state index is -4.22. The zero-order valence-electron chi connectivity index (χ0n) is 22.9. The summed E-state index contributed by atoms with van der Waals surface area (Å²) in [6.07, 6.45) is 0.712. The number of nitrogens with zero attached hydrogens (tertiary/aromatic N) is 2. The SMILES string of the molecule is CCCNC(=O)[C@H](C)N(Cc1ccc(Cl)c(Cl)c1)C(=O)CN(c1ccc(OCC)cc1)S(=O)(=O)c1ccc(Cl)cc1. The smallest absolute Gasteiger partial charge is 0.264 e. The molecule has 8 nitrogen and oxygen atoms in total. The molecule has 3 rings (SSSR count). The lowest BCUT2D eigenvalue weighted by molar-refractivity contribution is -0.139. The number of amides is 2. The van der Waals surface area contributed by atoms with Crippen molar-refractivity contribution in [2.75, 3.05) is 24.0 Å². The van der Waals surface area contributed by atoms with Crippen LogP contribution >= 0.6 is 34.8 Å². The van der Waals surface area contributed by atoms with Crippen molar-refractivity contribution in [3.8, 4) is 5.75 Å². The molecule has 0 aliphatic heterocycles. The van der Waals surface area contributed by atoms with E-state index in [0.29, 0.717) is 46.0 Å². The number of sulfonamides is 1. The highest BCUT2D eigenvalue weighted by Crippen LogP contribution is 2.28. The van der Waals surface area contributed by atoms with E-state index in [-0.39, 0.29) is 23.0 Å². The molecule has 0 saturated carbocycles. The van der Waals surface area contributed by atoms with Crippen LogP contribution in [0, 0.1) is 0 Å². The molecule has 0 aliphatic rings. The fourth-order valence-electron chi connectivity index (χ4n) is 3.95. The van der Waals surface area contributed by atoms with Gasteiger partial charge in [0.05, 0.1) is 27.2 Å². The summed E-state index contributed by atoms with van der Waals surface area (Å²) in [5.74, 6) is -0.413. The van der Waals surface area contributed by atoms with Crippen LogP contribution in [0.5, 0.6) is 5.75 Å². The minimum absolute atomic E-state index is 0.00541. The van der Waals surface area contributed by atoms with Crippen molar-refractivity contribution in [3.05, 3.63) is 87.4 Å². The van der Waals surface area contributed by atoms with Crippen LogP contribution < -0.4 is 14.4 Å². The van der Waals surface area contributed by atoms with Crippen LogP contribution in [0.25, 0.3) is 0 Å². The van der Waals surface area contributed by atoms with E-state index in [2.05, 4.69) is 5.32 Å². The number of anilines is 1. The maximum atomic E-state index is 13.9. The molecule has 2 amide bonds. The van der Waals surface area contributed by atoms with Gasteiger partial charge < -0.3 is 15.0 Å². The summed E-state index contributed by atoms with van der Waals surface area (Å²) in [7, 11) is -4.22. The first kappa shape index (κ1) is 32.5. The standard InChI is InChI=1S/C29H32Cl3N3O5S/c1-4-16-33-29(37)20(3)34(18-21-6-15-26(31)27(32)17-21)28(36)19-35(23-9-11-24(12-10-23)40-5-2)41(38,39)25-13-7-22(30)8-14-25/h6-15,17,20H,4-5,16,18-19H2,1-3H3,(H,33,37)/t20-/m0/s1. The summed E-state index contributed by atoms with van der Waals surface area (Å²) in [6, 6.07) is 16.0. The highest BCUT2D eigenvalue weighted by molar-refractivity contribution is 7.92. The number of hydrogen-bond acceptors (Lipinski definition) is 5. The topological polar surface area (TPSA) is 96.0 Å². The number of benzene rings is 3. The predicted octanol–water partition coefficient (Wildman–Crippen LogP) is 6.18. The Morgan fingerprint density at radius 3 is 2.17 bits per heavy atom. The highest BCUT2D eigenvalue weighted by atomic mass is 35.5. The van der Waals surface area contributed by atoms with Crippen molar-refractivity contribution in [3.63, 3.8) is 0 Å². The summed E-state index contributed by atoms with van der Waals surface area (Å²) < 4.78 is 34.2. The van der Waals surface area contributed by atoms with Crippen LogP contribution in [0.3, 0.4) is 0 Å². The van der Waals surface area contributed by atoms with Gasteiger partial charge in [0.25, 0.3) is 10.0 Å². The van der Waals surface area contributed by atoms with Gasteiger partial charge in [0.2, 0.25) is 11.8 Å². The van der Waals surface area contributed by atoms with E-state index in [1.54, 1.807) is 49.4 Å². The monoisotopic (exact) mass is 639 g/mol. The Kier molecular flexibility index (Phi) is 11.7. The predicted molar refractivity (Wildman–Crippen MR) is 163 cm³/mol. The van der Waals surface area contributed by atoms with E-state index < -0.39 is 28.5 Å². The molecule has 0 aromatic heterocycles. The Labute approximate surface area is 256 Å². The van der Waals surface area contributed by atoms with Gasteiger partial charge in [-0.05, 0) is 86.5 Å². The molecule has 41 heavy (non-hydrogen) atoms. The molecule has 0 saturated heterocycles. The summed E-state index contributed by atoms with van der Waals surface area (Å²) in [6.45, 7) is 5.63. The third kappa shape index (κ3) is 8.52. The van der Waals surface area contributed by atoms with Gasteiger partial charge in [0, 0.05) is 18.1 Å². The average molecular weight is 641 g/mol. The highest BCUT2D eigenvalue weighted by Gasteiger charge is 2.32. The molecule has 12 heteroatoms. The second-order valence-corrected chi connectivity index (χ2v) is 12.2. The number of carbonyl (C=O) groups is 2.